The summed E-state index contributed by atoms with van der Waals surface area (Å²) in [4.78, 5) is 24.1. The van der Waals surface area contributed by atoms with E-state index in [1.54, 1.807) is 41.5 Å². The Bertz CT molecular complexity index is 299. The Morgan fingerprint density at radius 2 is 1.53 bits per heavy atom. The molecule has 0 aromatic carbocycles. The summed E-state index contributed by atoms with van der Waals surface area (Å²) in [7, 11) is 1.44. The number of ether oxygens (including phenoxy) is 1. The molecule has 0 saturated carbocycles. The van der Waals surface area contributed by atoms with E-state index in [4.69, 9.17) is 4.74 Å². The van der Waals surface area contributed by atoms with E-state index >= 15 is 0 Å². The van der Waals surface area contributed by atoms with Crippen molar-refractivity contribution in [3.63, 3.8) is 0 Å². The van der Waals surface area contributed by atoms with Gasteiger partial charge >= 0.3 is 12.1 Å². The third-order valence-corrected chi connectivity index (χ3v) is 2.12. The van der Waals surface area contributed by atoms with E-state index < -0.39 is 29.1 Å². The molecule has 1 amide bonds. The van der Waals surface area contributed by atoms with Gasteiger partial charge in [0.15, 0.2) is 0 Å². The van der Waals surface area contributed by atoms with Crippen LogP contribution in [0.5, 0.6) is 0 Å². The molecule has 5 heteroatoms. The van der Waals surface area contributed by atoms with Crippen molar-refractivity contribution in [2.75, 3.05) is 7.05 Å². The van der Waals surface area contributed by atoms with Crippen LogP contribution < -0.4 is 0 Å². The number of hydrogen-bond acceptors (Lipinski definition) is 3. The molecule has 0 aliphatic carbocycles. The summed E-state index contributed by atoms with van der Waals surface area (Å²) in [5, 5.41) is 9.18. The first-order chi connectivity index (χ1) is 7.36. The van der Waals surface area contributed by atoms with E-state index in [1.165, 1.54) is 7.05 Å². The van der Waals surface area contributed by atoms with Crippen molar-refractivity contribution < 1.29 is 19.4 Å². The average Bonchev–Trinajstić information content (AvgIpc) is 1.96. The van der Waals surface area contributed by atoms with Crippen LogP contribution in [0.1, 0.15) is 41.5 Å². The van der Waals surface area contributed by atoms with Gasteiger partial charge in [-0.15, -0.1) is 0 Å². The summed E-state index contributed by atoms with van der Waals surface area (Å²) in [5.41, 5.74) is -1.19. The van der Waals surface area contributed by atoms with Gasteiger partial charge in [0.25, 0.3) is 0 Å². The third kappa shape index (κ3) is 5.06. The molecule has 5 nitrogen and oxygen atoms in total. The quantitative estimate of drug-likeness (QED) is 0.811. The standard InChI is InChI=1S/C12H23NO4/c1-11(2,3)8(9(14)15)13(7)10(16)17-12(4,5)6/h8H,1-7H3,(H,14,15). The largest absolute Gasteiger partial charge is 0.480 e. The van der Waals surface area contributed by atoms with Crippen LogP contribution in [-0.2, 0) is 9.53 Å². The monoisotopic (exact) mass is 245 g/mol. The molecule has 0 aromatic heterocycles. The Morgan fingerprint density at radius 1 is 1.12 bits per heavy atom. The molecular weight excluding hydrogens is 222 g/mol. The van der Waals surface area contributed by atoms with Crippen molar-refractivity contribution in [3.8, 4) is 0 Å². The minimum absolute atomic E-state index is 0.558. The Morgan fingerprint density at radius 3 is 1.76 bits per heavy atom. The van der Waals surface area contributed by atoms with Gasteiger partial charge in [0.2, 0.25) is 0 Å². The normalized spacial score (nSPS) is 14.1. The average molecular weight is 245 g/mol. The topological polar surface area (TPSA) is 66.8 Å². The van der Waals surface area contributed by atoms with Crippen molar-refractivity contribution in [2.24, 2.45) is 5.41 Å². The molecule has 1 unspecified atom stereocenters. The first-order valence-corrected chi connectivity index (χ1v) is 5.55. The summed E-state index contributed by atoms with van der Waals surface area (Å²) in [5.74, 6) is -1.04. The highest BCUT2D eigenvalue weighted by Gasteiger charge is 2.38. The molecule has 1 N–H and O–H groups in total. The van der Waals surface area contributed by atoms with Crippen molar-refractivity contribution in [1.82, 2.24) is 4.90 Å². The lowest BCUT2D eigenvalue weighted by Gasteiger charge is -2.35. The van der Waals surface area contributed by atoms with E-state index in [0.29, 0.717) is 0 Å². The molecule has 100 valence electrons. The maximum Gasteiger partial charge on any atom is 0.410 e. The summed E-state index contributed by atoms with van der Waals surface area (Å²) in [6.07, 6.45) is -0.625. The SMILES string of the molecule is CN(C(=O)OC(C)(C)C)C(C(=O)O)C(C)(C)C. The zero-order valence-electron chi connectivity index (χ0n) is 11.7. The fourth-order valence-electron chi connectivity index (χ4n) is 1.56. The molecule has 0 aromatic rings. The van der Waals surface area contributed by atoms with Gasteiger partial charge in [-0.05, 0) is 26.2 Å². The van der Waals surface area contributed by atoms with Gasteiger partial charge in [0.05, 0.1) is 0 Å². The smallest absolute Gasteiger partial charge is 0.410 e. The molecule has 0 rings (SSSR count). The molecule has 0 spiro atoms. The predicted molar refractivity (Wildman–Crippen MR) is 64.9 cm³/mol. The van der Waals surface area contributed by atoms with Crippen LogP contribution in [0.3, 0.4) is 0 Å². The fourth-order valence-corrected chi connectivity index (χ4v) is 1.56. The molecule has 0 heterocycles. The van der Waals surface area contributed by atoms with E-state index in [1.807, 2.05) is 0 Å². The van der Waals surface area contributed by atoms with Crippen molar-refractivity contribution in [2.45, 2.75) is 53.2 Å². The summed E-state index contributed by atoms with van der Waals surface area (Å²) >= 11 is 0. The van der Waals surface area contributed by atoms with E-state index in [0.717, 1.165) is 4.90 Å². The zero-order chi connectivity index (χ0) is 14.0. The van der Waals surface area contributed by atoms with Crippen LogP contribution in [0.25, 0.3) is 0 Å². The number of carbonyl (C=O) groups excluding carboxylic acids is 1. The second-order valence-electron chi connectivity index (χ2n) is 6.20. The summed E-state index contributed by atoms with van der Waals surface area (Å²) < 4.78 is 5.15. The summed E-state index contributed by atoms with van der Waals surface area (Å²) in [6.45, 7) is 10.5. The van der Waals surface area contributed by atoms with Crippen molar-refractivity contribution >= 4 is 12.1 Å². The Kier molecular flexibility index (Phi) is 4.57. The van der Waals surface area contributed by atoms with Crippen molar-refractivity contribution in [1.29, 1.82) is 0 Å². The third-order valence-electron chi connectivity index (χ3n) is 2.12. The van der Waals surface area contributed by atoms with Crippen LogP contribution >= 0.6 is 0 Å². The number of carbonyl (C=O) groups is 2. The van der Waals surface area contributed by atoms with Gasteiger partial charge < -0.3 is 9.84 Å². The maximum atomic E-state index is 11.8. The Balaban J connectivity index is 4.93. The van der Waals surface area contributed by atoms with Crippen LogP contribution in [-0.4, -0.2) is 40.8 Å². The molecule has 0 fully saturated rings. The predicted octanol–water partition coefficient (Wildman–Crippen LogP) is 2.35. The molecule has 0 saturated heterocycles. The van der Waals surface area contributed by atoms with Gasteiger partial charge in [-0.2, -0.15) is 0 Å². The van der Waals surface area contributed by atoms with Crippen LogP contribution in [0.4, 0.5) is 4.79 Å². The number of likely N-dealkylation sites (N-methyl/N-ethyl adjacent to an activating group) is 1. The Hall–Kier alpha value is -1.26. The molecule has 1 atom stereocenters. The lowest BCUT2D eigenvalue weighted by atomic mass is 9.86. The molecule has 0 radical (unpaired) electrons. The maximum absolute atomic E-state index is 11.8. The lowest BCUT2D eigenvalue weighted by Crippen LogP contribution is -2.51. The number of carboxylic acid groups (broad SMARTS) is 1. The zero-order valence-corrected chi connectivity index (χ0v) is 11.7. The van der Waals surface area contributed by atoms with Gasteiger partial charge in [-0.1, -0.05) is 20.8 Å². The van der Waals surface area contributed by atoms with Crippen LogP contribution in [0.2, 0.25) is 0 Å². The van der Waals surface area contributed by atoms with E-state index in [2.05, 4.69) is 0 Å². The number of hydrogen-bond donors (Lipinski definition) is 1. The molecule has 17 heavy (non-hydrogen) atoms. The molecule has 0 aliphatic heterocycles. The second-order valence-corrected chi connectivity index (χ2v) is 6.20. The first-order valence-electron chi connectivity index (χ1n) is 5.55. The van der Waals surface area contributed by atoms with E-state index in [-0.39, 0.29) is 0 Å². The highest BCUT2D eigenvalue weighted by Crippen LogP contribution is 2.25. The molecular formula is C12H23NO4. The summed E-state index contributed by atoms with van der Waals surface area (Å²) in [6, 6.07) is -0.919. The number of amides is 1. The van der Waals surface area contributed by atoms with E-state index in [9.17, 15) is 14.7 Å². The first kappa shape index (κ1) is 15.7. The fraction of sp³-hybridized carbons (Fsp3) is 0.833. The Labute approximate surface area is 103 Å². The molecule has 0 bridgehead atoms. The minimum Gasteiger partial charge on any atom is -0.480 e. The number of carboxylic acids is 1. The number of aliphatic carboxylic acids is 1. The van der Waals surface area contributed by atoms with Gasteiger partial charge in [-0.25, -0.2) is 9.59 Å². The lowest BCUT2D eigenvalue weighted by molar-refractivity contribution is -0.146. The number of nitrogens with zero attached hydrogens (tertiary/aromatic N) is 1. The van der Waals surface area contributed by atoms with Gasteiger partial charge in [-0.3, -0.25) is 4.90 Å². The highest BCUT2D eigenvalue weighted by atomic mass is 16.6. The number of rotatable bonds is 2. The second kappa shape index (κ2) is 4.94. The highest BCUT2D eigenvalue weighted by molar-refractivity contribution is 5.80. The van der Waals surface area contributed by atoms with Crippen LogP contribution in [0, 0.1) is 5.41 Å². The minimum atomic E-state index is -1.04. The molecule has 0 aliphatic rings. The van der Waals surface area contributed by atoms with Crippen molar-refractivity contribution in [3.05, 3.63) is 0 Å². The van der Waals surface area contributed by atoms with Gasteiger partial charge in [0.1, 0.15) is 11.6 Å². The van der Waals surface area contributed by atoms with Gasteiger partial charge in [0, 0.05) is 7.05 Å². The van der Waals surface area contributed by atoms with Crippen LogP contribution in [0.15, 0.2) is 0 Å².